The molecule has 1 aliphatic rings. The first-order valence-electron chi connectivity index (χ1n) is 7.51. The minimum absolute atomic E-state index is 0.0333. The Hall–Kier alpha value is -1.38. The fraction of sp³-hybridized carbons (Fsp3) is 0.562. The third-order valence-corrected chi connectivity index (χ3v) is 5.79. The van der Waals surface area contributed by atoms with Crippen molar-refractivity contribution in [2.75, 3.05) is 0 Å². The van der Waals surface area contributed by atoms with Gasteiger partial charge in [0.2, 0.25) is 10.0 Å². The van der Waals surface area contributed by atoms with Crippen LogP contribution in [0.3, 0.4) is 0 Å². The van der Waals surface area contributed by atoms with E-state index >= 15 is 0 Å². The number of hydrogen-bond donors (Lipinski definition) is 1. The van der Waals surface area contributed by atoms with Gasteiger partial charge in [0.25, 0.3) is 0 Å². The molecule has 21 heavy (non-hydrogen) atoms. The van der Waals surface area contributed by atoms with Crippen LogP contribution in [0.1, 0.15) is 44.6 Å². The second-order valence-electron chi connectivity index (χ2n) is 5.79. The van der Waals surface area contributed by atoms with Gasteiger partial charge in [0.05, 0.1) is 17.4 Å². The number of sulfonamides is 1. The van der Waals surface area contributed by atoms with E-state index in [0.29, 0.717) is 12.3 Å². The summed E-state index contributed by atoms with van der Waals surface area (Å²) in [6, 6.07) is 8.56. The Labute approximate surface area is 127 Å². The first-order chi connectivity index (χ1) is 10.0. The van der Waals surface area contributed by atoms with Crippen LogP contribution in [0, 0.1) is 17.2 Å². The lowest BCUT2D eigenvalue weighted by Gasteiger charge is -2.28. The summed E-state index contributed by atoms with van der Waals surface area (Å²) in [6.07, 6.45) is 6.15. The van der Waals surface area contributed by atoms with Gasteiger partial charge >= 0.3 is 0 Å². The van der Waals surface area contributed by atoms with Crippen molar-refractivity contribution >= 4 is 10.0 Å². The van der Waals surface area contributed by atoms with Gasteiger partial charge in [-0.3, -0.25) is 0 Å². The maximum atomic E-state index is 12.4. The highest BCUT2D eigenvalue weighted by molar-refractivity contribution is 7.89. The van der Waals surface area contributed by atoms with Crippen LogP contribution in [0.2, 0.25) is 0 Å². The molecule has 0 aliphatic heterocycles. The molecular formula is C16H22N2O2S. The first kappa shape index (κ1) is 16.0. The van der Waals surface area contributed by atoms with Crippen molar-refractivity contribution in [1.82, 2.24) is 4.72 Å². The van der Waals surface area contributed by atoms with Crippen molar-refractivity contribution in [3.63, 3.8) is 0 Å². The lowest BCUT2D eigenvalue weighted by molar-refractivity contribution is 0.303. The molecule has 0 aromatic heterocycles. The van der Waals surface area contributed by atoms with Crippen molar-refractivity contribution in [2.24, 2.45) is 5.92 Å². The highest BCUT2D eigenvalue weighted by atomic mass is 32.2. The molecule has 1 aliphatic carbocycles. The Kier molecular flexibility index (Phi) is 5.38. The molecular weight excluding hydrogens is 284 g/mol. The molecule has 1 saturated carbocycles. The van der Waals surface area contributed by atoms with E-state index in [1.54, 1.807) is 24.3 Å². The SMILES string of the molecule is CC(NS(=O)(=O)c1ccc(CC#N)cc1)C1CCCCC1. The van der Waals surface area contributed by atoms with Gasteiger partial charge in [-0.05, 0) is 43.4 Å². The zero-order valence-electron chi connectivity index (χ0n) is 12.4. The van der Waals surface area contributed by atoms with E-state index in [2.05, 4.69) is 10.8 Å². The van der Waals surface area contributed by atoms with Crippen molar-refractivity contribution in [3.8, 4) is 6.07 Å². The van der Waals surface area contributed by atoms with E-state index in [0.717, 1.165) is 18.4 Å². The maximum Gasteiger partial charge on any atom is 0.240 e. The lowest BCUT2D eigenvalue weighted by atomic mass is 9.85. The summed E-state index contributed by atoms with van der Waals surface area (Å²) >= 11 is 0. The Bertz CT molecular complexity index is 596. The van der Waals surface area contributed by atoms with Crippen LogP contribution in [0.4, 0.5) is 0 Å². The molecule has 0 heterocycles. The number of hydrogen-bond acceptors (Lipinski definition) is 3. The van der Waals surface area contributed by atoms with E-state index < -0.39 is 10.0 Å². The molecule has 1 aromatic carbocycles. The molecule has 0 bridgehead atoms. The van der Waals surface area contributed by atoms with Gasteiger partial charge in [-0.1, -0.05) is 31.4 Å². The summed E-state index contributed by atoms with van der Waals surface area (Å²) in [6.45, 7) is 1.96. The first-order valence-corrected chi connectivity index (χ1v) is 8.99. The van der Waals surface area contributed by atoms with Gasteiger partial charge in [0, 0.05) is 6.04 Å². The highest BCUT2D eigenvalue weighted by Gasteiger charge is 2.25. The predicted molar refractivity (Wildman–Crippen MR) is 82.1 cm³/mol. The average molecular weight is 306 g/mol. The fourth-order valence-electron chi connectivity index (χ4n) is 2.92. The van der Waals surface area contributed by atoms with E-state index in [9.17, 15) is 8.42 Å². The van der Waals surface area contributed by atoms with Crippen molar-refractivity contribution in [2.45, 2.75) is 56.4 Å². The van der Waals surface area contributed by atoms with Crippen LogP contribution in [0.25, 0.3) is 0 Å². The second kappa shape index (κ2) is 7.06. The molecule has 0 radical (unpaired) electrons. The molecule has 5 heteroatoms. The largest absolute Gasteiger partial charge is 0.240 e. The van der Waals surface area contributed by atoms with Crippen LogP contribution >= 0.6 is 0 Å². The third-order valence-electron chi connectivity index (χ3n) is 4.21. The number of benzene rings is 1. The average Bonchev–Trinajstić information content (AvgIpc) is 2.48. The molecule has 1 atom stereocenters. The lowest BCUT2D eigenvalue weighted by Crippen LogP contribution is -2.38. The van der Waals surface area contributed by atoms with E-state index in [-0.39, 0.29) is 10.9 Å². The van der Waals surface area contributed by atoms with Gasteiger partial charge in [-0.25, -0.2) is 13.1 Å². The van der Waals surface area contributed by atoms with Crippen molar-refractivity contribution in [3.05, 3.63) is 29.8 Å². The van der Waals surface area contributed by atoms with Gasteiger partial charge in [0.15, 0.2) is 0 Å². The molecule has 1 N–H and O–H groups in total. The summed E-state index contributed by atoms with van der Waals surface area (Å²) < 4.78 is 27.6. The predicted octanol–water partition coefficient (Wildman–Crippen LogP) is 3.00. The number of rotatable bonds is 5. The summed E-state index contributed by atoms with van der Waals surface area (Å²) in [5.74, 6) is 0.436. The molecule has 1 fully saturated rings. The van der Waals surface area contributed by atoms with Crippen LogP contribution in [0.15, 0.2) is 29.2 Å². The molecule has 0 amide bonds. The van der Waals surface area contributed by atoms with Crippen LogP contribution < -0.4 is 4.72 Å². The van der Waals surface area contributed by atoms with Crippen LogP contribution in [0.5, 0.6) is 0 Å². The summed E-state index contributed by atoms with van der Waals surface area (Å²) in [4.78, 5) is 0.270. The van der Waals surface area contributed by atoms with Crippen molar-refractivity contribution in [1.29, 1.82) is 5.26 Å². The summed E-state index contributed by atoms with van der Waals surface area (Å²) in [7, 11) is -3.47. The number of nitriles is 1. The summed E-state index contributed by atoms with van der Waals surface area (Å²) in [5.41, 5.74) is 0.830. The minimum Gasteiger partial charge on any atom is -0.208 e. The second-order valence-corrected chi connectivity index (χ2v) is 7.50. The Morgan fingerprint density at radius 2 is 1.86 bits per heavy atom. The number of nitrogens with one attached hydrogen (secondary N) is 1. The molecule has 1 aromatic rings. The smallest absolute Gasteiger partial charge is 0.208 e. The van der Waals surface area contributed by atoms with Gasteiger partial charge in [0.1, 0.15) is 0 Å². The van der Waals surface area contributed by atoms with E-state index in [4.69, 9.17) is 5.26 Å². The standard InChI is InChI=1S/C16H22N2O2S/c1-13(15-5-3-2-4-6-15)18-21(19,20)16-9-7-14(8-10-16)11-12-17/h7-10,13,15,18H,2-6,11H2,1H3. The van der Waals surface area contributed by atoms with Crippen LogP contribution in [-0.2, 0) is 16.4 Å². The Morgan fingerprint density at radius 1 is 1.24 bits per heavy atom. The van der Waals surface area contributed by atoms with Gasteiger partial charge in [-0.2, -0.15) is 5.26 Å². The van der Waals surface area contributed by atoms with Crippen molar-refractivity contribution < 1.29 is 8.42 Å². The molecule has 2 rings (SSSR count). The normalized spacial score (nSPS) is 18.1. The maximum absolute atomic E-state index is 12.4. The number of nitrogens with zero attached hydrogens (tertiary/aromatic N) is 1. The zero-order valence-corrected chi connectivity index (χ0v) is 13.2. The quantitative estimate of drug-likeness (QED) is 0.909. The third kappa shape index (κ3) is 4.29. The van der Waals surface area contributed by atoms with Crippen LogP contribution in [-0.4, -0.2) is 14.5 Å². The topological polar surface area (TPSA) is 70.0 Å². The fourth-order valence-corrected chi connectivity index (χ4v) is 4.23. The van der Waals surface area contributed by atoms with Gasteiger partial charge in [-0.15, -0.1) is 0 Å². The highest BCUT2D eigenvalue weighted by Crippen LogP contribution is 2.27. The molecule has 0 spiro atoms. The Morgan fingerprint density at radius 3 is 2.43 bits per heavy atom. The Balaban J connectivity index is 2.05. The minimum atomic E-state index is -3.47. The molecule has 1 unspecified atom stereocenters. The monoisotopic (exact) mass is 306 g/mol. The molecule has 114 valence electrons. The van der Waals surface area contributed by atoms with E-state index in [1.165, 1.54) is 19.3 Å². The molecule has 0 saturated heterocycles. The zero-order chi connectivity index (χ0) is 15.3. The molecule has 4 nitrogen and oxygen atoms in total. The summed E-state index contributed by atoms with van der Waals surface area (Å²) in [5, 5.41) is 8.63. The van der Waals surface area contributed by atoms with Gasteiger partial charge < -0.3 is 0 Å². The van der Waals surface area contributed by atoms with E-state index in [1.807, 2.05) is 6.92 Å².